The Bertz CT molecular complexity index is 479. The molecule has 2 rings (SSSR count). The molecule has 0 aliphatic rings. The number of rotatable bonds is 5. The van der Waals surface area contributed by atoms with Crippen molar-refractivity contribution in [1.29, 1.82) is 0 Å². The van der Waals surface area contributed by atoms with Crippen LogP contribution in [-0.2, 0) is 12.8 Å². The summed E-state index contributed by atoms with van der Waals surface area (Å²) in [5.41, 5.74) is 4.29. The van der Waals surface area contributed by atoms with Gasteiger partial charge >= 0.3 is 0 Å². The fraction of sp³-hybridized carbons (Fsp3) is 0.357. The molecule has 2 nitrogen and oxygen atoms in total. The smallest absolute Gasteiger partial charge is 0.122 e. The van der Waals surface area contributed by atoms with Crippen molar-refractivity contribution in [2.75, 3.05) is 6.61 Å². The van der Waals surface area contributed by atoms with Gasteiger partial charge in [-0.25, -0.2) is 4.98 Å². The number of nitrogens with zero attached hydrogens (tertiary/aromatic N) is 1. The molecule has 0 radical (unpaired) electrons. The lowest BCUT2D eigenvalue weighted by Gasteiger charge is -2.09. The third-order valence-corrected chi connectivity index (χ3v) is 3.78. The van der Waals surface area contributed by atoms with Crippen molar-refractivity contribution < 1.29 is 4.74 Å². The molecule has 0 aliphatic heterocycles. The summed E-state index contributed by atoms with van der Waals surface area (Å²) < 4.78 is 5.84. The Morgan fingerprint density at radius 2 is 2.12 bits per heavy atom. The van der Waals surface area contributed by atoms with E-state index in [1.54, 1.807) is 11.3 Å². The molecule has 0 saturated carbocycles. The zero-order chi connectivity index (χ0) is 12.1. The standard InChI is InChI=1S/C14H17NOS/c1-3-12-6-4-5-7-13(12)16-9-8-14-11(2)15-10-17-14/h4-7,10H,3,8-9H2,1-2H3. The summed E-state index contributed by atoms with van der Waals surface area (Å²) in [4.78, 5) is 5.56. The van der Waals surface area contributed by atoms with Gasteiger partial charge in [-0.1, -0.05) is 25.1 Å². The van der Waals surface area contributed by atoms with Gasteiger partial charge in [0, 0.05) is 11.3 Å². The highest BCUT2D eigenvalue weighted by Gasteiger charge is 2.03. The van der Waals surface area contributed by atoms with Crippen LogP contribution >= 0.6 is 11.3 Å². The number of aromatic nitrogens is 1. The maximum atomic E-state index is 5.84. The number of ether oxygens (including phenoxy) is 1. The Morgan fingerprint density at radius 3 is 2.82 bits per heavy atom. The molecule has 0 spiro atoms. The van der Waals surface area contributed by atoms with Crippen LogP contribution in [0.4, 0.5) is 0 Å². The van der Waals surface area contributed by atoms with Crippen LogP contribution < -0.4 is 4.74 Å². The van der Waals surface area contributed by atoms with E-state index in [0.717, 1.165) is 30.9 Å². The topological polar surface area (TPSA) is 22.1 Å². The van der Waals surface area contributed by atoms with Gasteiger partial charge < -0.3 is 4.74 Å². The average molecular weight is 247 g/mol. The molecule has 0 aliphatic carbocycles. The first-order chi connectivity index (χ1) is 8.31. The summed E-state index contributed by atoms with van der Waals surface area (Å²) in [6.45, 7) is 4.92. The summed E-state index contributed by atoms with van der Waals surface area (Å²) in [6.07, 6.45) is 1.95. The number of para-hydroxylation sites is 1. The summed E-state index contributed by atoms with van der Waals surface area (Å²) in [5.74, 6) is 1.01. The molecular weight excluding hydrogens is 230 g/mol. The van der Waals surface area contributed by atoms with Gasteiger partial charge in [0.25, 0.3) is 0 Å². The first kappa shape index (κ1) is 12.1. The van der Waals surface area contributed by atoms with E-state index >= 15 is 0 Å². The lowest BCUT2D eigenvalue weighted by molar-refractivity contribution is 0.319. The average Bonchev–Trinajstić information content (AvgIpc) is 2.76. The van der Waals surface area contributed by atoms with Crippen molar-refractivity contribution in [2.45, 2.75) is 26.7 Å². The van der Waals surface area contributed by atoms with Crippen LogP contribution in [-0.4, -0.2) is 11.6 Å². The number of aryl methyl sites for hydroxylation is 2. The van der Waals surface area contributed by atoms with Crippen molar-refractivity contribution in [3.8, 4) is 5.75 Å². The second kappa shape index (κ2) is 5.82. The van der Waals surface area contributed by atoms with E-state index in [1.165, 1.54) is 10.4 Å². The lowest BCUT2D eigenvalue weighted by Crippen LogP contribution is -2.03. The molecule has 0 N–H and O–H groups in total. The molecule has 0 atom stereocenters. The molecule has 0 bridgehead atoms. The number of hydrogen-bond donors (Lipinski definition) is 0. The highest BCUT2D eigenvalue weighted by molar-refractivity contribution is 7.09. The molecule has 0 amide bonds. The molecule has 0 unspecified atom stereocenters. The van der Waals surface area contributed by atoms with E-state index < -0.39 is 0 Å². The molecular formula is C14H17NOS. The number of thiazole rings is 1. The minimum Gasteiger partial charge on any atom is -0.493 e. The largest absolute Gasteiger partial charge is 0.493 e. The van der Waals surface area contributed by atoms with Crippen molar-refractivity contribution in [2.24, 2.45) is 0 Å². The quantitative estimate of drug-likeness (QED) is 0.805. The molecule has 90 valence electrons. The van der Waals surface area contributed by atoms with Gasteiger partial charge in [0.1, 0.15) is 5.75 Å². The molecule has 2 aromatic rings. The van der Waals surface area contributed by atoms with Crippen molar-refractivity contribution in [3.63, 3.8) is 0 Å². The maximum absolute atomic E-state index is 5.84. The summed E-state index contributed by atoms with van der Waals surface area (Å²) in [7, 11) is 0. The molecule has 1 heterocycles. The minimum atomic E-state index is 0.722. The van der Waals surface area contributed by atoms with Crippen LogP contribution in [0.2, 0.25) is 0 Å². The Morgan fingerprint density at radius 1 is 1.29 bits per heavy atom. The summed E-state index contributed by atoms with van der Waals surface area (Å²) in [5, 5.41) is 0. The predicted molar refractivity (Wildman–Crippen MR) is 71.9 cm³/mol. The minimum absolute atomic E-state index is 0.722. The van der Waals surface area contributed by atoms with Gasteiger partial charge in [0.2, 0.25) is 0 Å². The van der Waals surface area contributed by atoms with Crippen LogP contribution in [0.25, 0.3) is 0 Å². The number of benzene rings is 1. The molecule has 3 heteroatoms. The van der Waals surface area contributed by atoms with Crippen molar-refractivity contribution in [1.82, 2.24) is 4.98 Å². The van der Waals surface area contributed by atoms with Crippen LogP contribution in [0, 0.1) is 6.92 Å². The van der Waals surface area contributed by atoms with E-state index in [4.69, 9.17) is 4.74 Å². The van der Waals surface area contributed by atoms with Crippen molar-refractivity contribution >= 4 is 11.3 Å². The summed E-state index contributed by atoms with van der Waals surface area (Å²) >= 11 is 1.70. The number of hydrogen-bond acceptors (Lipinski definition) is 3. The summed E-state index contributed by atoms with van der Waals surface area (Å²) in [6, 6.07) is 8.23. The third kappa shape index (κ3) is 3.07. The zero-order valence-electron chi connectivity index (χ0n) is 10.3. The Hall–Kier alpha value is -1.35. The van der Waals surface area contributed by atoms with Crippen molar-refractivity contribution in [3.05, 3.63) is 45.9 Å². The normalized spacial score (nSPS) is 10.5. The van der Waals surface area contributed by atoms with Gasteiger partial charge in [-0.3, -0.25) is 0 Å². The highest BCUT2D eigenvalue weighted by Crippen LogP contribution is 2.19. The van der Waals surface area contributed by atoms with E-state index in [9.17, 15) is 0 Å². The monoisotopic (exact) mass is 247 g/mol. The zero-order valence-corrected chi connectivity index (χ0v) is 11.1. The lowest BCUT2D eigenvalue weighted by atomic mass is 10.1. The molecule has 1 aromatic carbocycles. The first-order valence-corrected chi connectivity index (χ1v) is 6.79. The fourth-order valence-corrected chi connectivity index (χ4v) is 2.52. The van der Waals surface area contributed by atoms with E-state index in [0.29, 0.717) is 0 Å². The molecule has 0 fully saturated rings. The maximum Gasteiger partial charge on any atom is 0.122 e. The Balaban J connectivity index is 1.92. The van der Waals surface area contributed by atoms with Crippen LogP contribution in [0.3, 0.4) is 0 Å². The van der Waals surface area contributed by atoms with E-state index in [1.807, 2.05) is 24.6 Å². The van der Waals surface area contributed by atoms with E-state index in [-0.39, 0.29) is 0 Å². The highest BCUT2D eigenvalue weighted by atomic mass is 32.1. The Kier molecular flexibility index (Phi) is 4.15. The molecule has 1 aromatic heterocycles. The van der Waals surface area contributed by atoms with Gasteiger partial charge in [-0.15, -0.1) is 11.3 Å². The van der Waals surface area contributed by atoms with E-state index in [2.05, 4.69) is 24.0 Å². The van der Waals surface area contributed by atoms with Gasteiger partial charge in [0.15, 0.2) is 0 Å². The Labute approximate surface area is 106 Å². The first-order valence-electron chi connectivity index (χ1n) is 5.91. The third-order valence-electron chi connectivity index (χ3n) is 2.79. The molecule has 17 heavy (non-hydrogen) atoms. The van der Waals surface area contributed by atoms with Crippen LogP contribution in [0.5, 0.6) is 5.75 Å². The van der Waals surface area contributed by atoms with Crippen LogP contribution in [0.1, 0.15) is 23.1 Å². The fourth-order valence-electron chi connectivity index (χ4n) is 1.76. The van der Waals surface area contributed by atoms with Gasteiger partial charge in [-0.2, -0.15) is 0 Å². The predicted octanol–water partition coefficient (Wildman–Crippen LogP) is 3.64. The van der Waals surface area contributed by atoms with Crippen LogP contribution in [0.15, 0.2) is 29.8 Å². The van der Waals surface area contributed by atoms with Gasteiger partial charge in [-0.05, 0) is 25.0 Å². The van der Waals surface area contributed by atoms with Gasteiger partial charge in [0.05, 0.1) is 17.8 Å². The second-order valence-electron chi connectivity index (χ2n) is 3.92. The molecule has 0 saturated heterocycles. The SMILES string of the molecule is CCc1ccccc1OCCc1scnc1C. The second-order valence-corrected chi connectivity index (χ2v) is 4.86.